The number of hydrogen-bond acceptors (Lipinski definition) is 4. The number of nitrogens with zero attached hydrogens (tertiary/aromatic N) is 4. The second kappa shape index (κ2) is 9.96. The molecule has 5 heteroatoms. The Morgan fingerprint density at radius 3 is 2.34 bits per heavy atom. The van der Waals surface area contributed by atoms with Crippen LogP contribution in [0, 0.1) is 13.8 Å². The summed E-state index contributed by atoms with van der Waals surface area (Å²) in [5.74, 6) is 0.733. The maximum Gasteiger partial charge on any atom is 0.227 e. The molecule has 0 aliphatic carbocycles. The molecule has 0 saturated carbocycles. The molecule has 160 valence electrons. The van der Waals surface area contributed by atoms with Crippen LogP contribution < -0.4 is 0 Å². The van der Waals surface area contributed by atoms with E-state index in [1.807, 2.05) is 91.5 Å². The van der Waals surface area contributed by atoms with E-state index in [9.17, 15) is 4.79 Å². The van der Waals surface area contributed by atoms with Crippen LogP contribution in [-0.4, -0.2) is 25.8 Å². The minimum atomic E-state index is 0.0615. The normalized spacial score (nSPS) is 10.7. The molecule has 5 nitrogen and oxygen atoms in total. The Labute approximate surface area is 188 Å². The van der Waals surface area contributed by atoms with Gasteiger partial charge in [-0.3, -0.25) is 9.78 Å². The number of benzene rings is 2. The third kappa shape index (κ3) is 5.24. The van der Waals surface area contributed by atoms with Crippen LogP contribution in [0.2, 0.25) is 0 Å². The molecule has 0 aliphatic rings. The van der Waals surface area contributed by atoms with Crippen molar-refractivity contribution in [1.29, 1.82) is 0 Å². The average Bonchev–Trinajstić information content (AvgIpc) is 2.81. The summed E-state index contributed by atoms with van der Waals surface area (Å²) in [6, 6.07) is 23.8. The van der Waals surface area contributed by atoms with E-state index in [2.05, 4.69) is 9.97 Å². The highest BCUT2D eigenvalue weighted by atomic mass is 16.2. The molecule has 4 rings (SSSR count). The topological polar surface area (TPSA) is 59.0 Å². The second-order valence-electron chi connectivity index (χ2n) is 7.83. The Morgan fingerprint density at radius 1 is 0.844 bits per heavy atom. The van der Waals surface area contributed by atoms with Gasteiger partial charge in [-0.25, -0.2) is 9.97 Å². The van der Waals surface area contributed by atoms with Gasteiger partial charge in [-0.1, -0.05) is 60.7 Å². The van der Waals surface area contributed by atoms with Crippen molar-refractivity contribution in [3.8, 4) is 11.3 Å². The number of carbonyl (C=O) groups is 1. The molecule has 0 unspecified atom stereocenters. The van der Waals surface area contributed by atoms with Crippen LogP contribution in [0.5, 0.6) is 0 Å². The van der Waals surface area contributed by atoms with Crippen LogP contribution in [0.3, 0.4) is 0 Å². The molecule has 0 bridgehead atoms. The minimum absolute atomic E-state index is 0.0615. The molecule has 0 radical (unpaired) electrons. The molecule has 1 amide bonds. The molecular formula is C27H26N4O. The summed E-state index contributed by atoms with van der Waals surface area (Å²) in [7, 11) is 0. The lowest BCUT2D eigenvalue weighted by molar-refractivity contribution is -0.131. The number of carbonyl (C=O) groups excluding carboxylic acids is 1. The minimum Gasteiger partial charge on any atom is -0.332 e. The molecule has 0 fully saturated rings. The van der Waals surface area contributed by atoms with Crippen molar-refractivity contribution < 1.29 is 4.79 Å². The second-order valence-corrected chi connectivity index (χ2v) is 7.83. The zero-order valence-electron chi connectivity index (χ0n) is 18.4. The van der Waals surface area contributed by atoms with Gasteiger partial charge in [0.15, 0.2) is 0 Å². The summed E-state index contributed by atoms with van der Waals surface area (Å²) >= 11 is 0. The Kier molecular flexibility index (Phi) is 6.66. The van der Waals surface area contributed by atoms with Gasteiger partial charge in [0.1, 0.15) is 5.82 Å². The number of aromatic nitrogens is 3. The van der Waals surface area contributed by atoms with Crippen molar-refractivity contribution in [2.75, 3.05) is 0 Å². The van der Waals surface area contributed by atoms with Crippen LogP contribution in [0.4, 0.5) is 0 Å². The largest absolute Gasteiger partial charge is 0.332 e. The molecule has 2 aromatic heterocycles. The molecule has 0 N–H and O–H groups in total. The van der Waals surface area contributed by atoms with E-state index < -0.39 is 0 Å². The van der Waals surface area contributed by atoms with Gasteiger partial charge in [-0.15, -0.1) is 0 Å². The van der Waals surface area contributed by atoms with Crippen molar-refractivity contribution >= 4 is 5.91 Å². The maximum absolute atomic E-state index is 13.5. The third-order valence-corrected chi connectivity index (χ3v) is 5.44. The van der Waals surface area contributed by atoms with E-state index in [1.54, 1.807) is 12.4 Å². The van der Waals surface area contributed by atoms with Crippen molar-refractivity contribution in [2.24, 2.45) is 0 Å². The summed E-state index contributed by atoms with van der Waals surface area (Å²) in [4.78, 5) is 28.9. The molecular weight excluding hydrogens is 396 g/mol. The van der Waals surface area contributed by atoms with Crippen molar-refractivity contribution in [2.45, 2.75) is 33.4 Å². The van der Waals surface area contributed by atoms with Gasteiger partial charge in [0, 0.05) is 24.5 Å². The Morgan fingerprint density at radius 2 is 1.59 bits per heavy atom. The SMILES string of the molecule is Cc1ncc(-c2ccccn2)c(CN(Cc2ccccc2)C(=O)Cc2ccccc2C)n1. The van der Waals surface area contributed by atoms with Crippen LogP contribution in [0.25, 0.3) is 11.3 Å². The third-order valence-electron chi connectivity index (χ3n) is 5.44. The Bertz CT molecular complexity index is 1190. The van der Waals surface area contributed by atoms with Gasteiger partial charge in [0.25, 0.3) is 0 Å². The van der Waals surface area contributed by atoms with Gasteiger partial charge in [0.2, 0.25) is 5.91 Å². The van der Waals surface area contributed by atoms with Gasteiger partial charge >= 0.3 is 0 Å². The maximum atomic E-state index is 13.5. The monoisotopic (exact) mass is 422 g/mol. The number of rotatable bonds is 7. The predicted molar refractivity (Wildman–Crippen MR) is 126 cm³/mol. The van der Waals surface area contributed by atoms with E-state index in [1.165, 1.54) is 0 Å². The van der Waals surface area contributed by atoms with Crippen LogP contribution >= 0.6 is 0 Å². The number of hydrogen-bond donors (Lipinski definition) is 0. The summed E-state index contributed by atoms with van der Waals surface area (Å²) in [5.41, 5.74) is 5.68. The van der Waals surface area contributed by atoms with Gasteiger partial charge in [-0.2, -0.15) is 0 Å². The highest BCUT2D eigenvalue weighted by Gasteiger charge is 2.19. The quantitative estimate of drug-likeness (QED) is 0.424. The molecule has 0 saturated heterocycles. The fourth-order valence-corrected chi connectivity index (χ4v) is 3.67. The van der Waals surface area contributed by atoms with Crippen molar-refractivity contribution in [3.63, 3.8) is 0 Å². The lowest BCUT2D eigenvalue weighted by Gasteiger charge is -2.24. The molecule has 4 aromatic rings. The molecule has 0 atom stereocenters. The number of aryl methyl sites for hydroxylation is 2. The van der Waals surface area contributed by atoms with E-state index >= 15 is 0 Å². The number of amides is 1. The summed E-state index contributed by atoms with van der Waals surface area (Å²) in [5, 5.41) is 0. The highest BCUT2D eigenvalue weighted by molar-refractivity contribution is 5.79. The lowest BCUT2D eigenvalue weighted by Crippen LogP contribution is -2.32. The van der Waals surface area contributed by atoms with E-state index in [4.69, 9.17) is 4.98 Å². The van der Waals surface area contributed by atoms with Crippen LogP contribution in [-0.2, 0) is 24.3 Å². The first kappa shape index (κ1) is 21.4. The predicted octanol–water partition coefficient (Wildman–Crippen LogP) is 4.93. The zero-order chi connectivity index (χ0) is 22.3. The van der Waals surface area contributed by atoms with Gasteiger partial charge in [-0.05, 0) is 42.7 Å². The van der Waals surface area contributed by atoms with E-state index in [-0.39, 0.29) is 5.91 Å². The summed E-state index contributed by atoms with van der Waals surface area (Å²) < 4.78 is 0. The lowest BCUT2D eigenvalue weighted by atomic mass is 10.0. The van der Waals surface area contributed by atoms with Crippen LogP contribution in [0.1, 0.15) is 28.2 Å². The molecule has 0 aliphatic heterocycles. The molecule has 32 heavy (non-hydrogen) atoms. The Hall–Kier alpha value is -3.86. The van der Waals surface area contributed by atoms with Crippen LogP contribution in [0.15, 0.2) is 85.2 Å². The van der Waals surface area contributed by atoms with E-state index in [0.29, 0.717) is 25.3 Å². The Balaban J connectivity index is 1.67. The molecule has 0 spiro atoms. The fraction of sp³-hybridized carbons (Fsp3) is 0.185. The molecule has 2 aromatic carbocycles. The summed E-state index contributed by atoms with van der Waals surface area (Å²) in [6.07, 6.45) is 3.90. The average molecular weight is 423 g/mol. The fourth-order valence-electron chi connectivity index (χ4n) is 3.67. The van der Waals surface area contributed by atoms with Gasteiger partial charge in [0.05, 0.1) is 24.4 Å². The smallest absolute Gasteiger partial charge is 0.227 e. The van der Waals surface area contributed by atoms with Crippen molar-refractivity contribution in [1.82, 2.24) is 19.9 Å². The first-order chi connectivity index (χ1) is 15.6. The number of pyridine rings is 1. The first-order valence-electron chi connectivity index (χ1n) is 10.7. The van der Waals surface area contributed by atoms with Gasteiger partial charge < -0.3 is 4.90 Å². The summed E-state index contributed by atoms with van der Waals surface area (Å²) in [6.45, 7) is 4.80. The molecule has 2 heterocycles. The zero-order valence-corrected chi connectivity index (χ0v) is 18.4. The van der Waals surface area contributed by atoms with E-state index in [0.717, 1.165) is 33.6 Å². The van der Waals surface area contributed by atoms with Crippen molar-refractivity contribution in [3.05, 3.63) is 113 Å². The first-order valence-corrected chi connectivity index (χ1v) is 10.7. The standard InChI is InChI=1S/C27H26N4O/c1-20-10-6-7-13-23(20)16-27(32)31(18-22-11-4-3-5-12-22)19-26-24(17-29-21(2)30-26)25-14-8-9-15-28-25/h3-15,17H,16,18-19H2,1-2H3. The highest BCUT2D eigenvalue weighted by Crippen LogP contribution is 2.22.